The fourth-order valence-electron chi connectivity index (χ4n) is 0.350. The Balaban J connectivity index is -0.0000000632. The van der Waals surface area contributed by atoms with E-state index in [1.54, 1.807) is 48.5 Å². The van der Waals surface area contributed by atoms with Crippen molar-refractivity contribution in [1.29, 1.82) is 0 Å². The zero-order valence-electron chi connectivity index (χ0n) is 15.1. The van der Waals surface area contributed by atoms with Gasteiger partial charge in [0.05, 0.1) is 6.61 Å². The molecule has 0 aromatic rings. The predicted molar refractivity (Wildman–Crippen MR) is 83.7 cm³/mol. The SMILES string of the molecule is CC(C)O.CC(C)O.CC(C)O.CCOC(=O)[CH-]C(C)=O.[Ti]. The van der Waals surface area contributed by atoms with Gasteiger partial charge in [0, 0.05) is 45.8 Å². The number of hydrogen-bond acceptors (Lipinski definition) is 6. The van der Waals surface area contributed by atoms with Crippen molar-refractivity contribution < 1.29 is 51.4 Å². The molecule has 0 aliphatic carbocycles. The Morgan fingerprint density at radius 2 is 1.14 bits per heavy atom. The fraction of sp³-hybridized carbons (Fsp3) is 0.800. The number of carbonyl (C=O) groups excluding carboxylic acids is 2. The van der Waals surface area contributed by atoms with Crippen molar-refractivity contribution in [3.05, 3.63) is 6.42 Å². The number of aliphatic hydroxyl groups is 3. The molecular weight excluding hydrogens is 324 g/mol. The molecule has 6 nitrogen and oxygen atoms in total. The molecule has 0 saturated heterocycles. The minimum absolute atomic E-state index is 0. The van der Waals surface area contributed by atoms with Crippen LogP contribution in [0, 0.1) is 6.42 Å². The summed E-state index contributed by atoms with van der Waals surface area (Å²) in [4.78, 5) is 20.5. The van der Waals surface area contributed by atoms with E-state index in [4.69, 9.17) is 15.3 Å². The predicted octanol–water partition coefficient (Wildman–Crippen LogP) is 1.50. The second kappa shape index (κ2) is 25.6. The van der Waals surface area contributed by atoms with Gasteiger partial charge in [0.1, 0.15) is 0 Å². The van der Waals surface area contributed by atoms with E-state index >= 15 is 0 Å². The van der Waals surface area contributed by atoms with E-state index in [-0.39, 0.29) is 45.8 Å². The van der Waals surface area contributed by atoms with Gasteiger partial charge in [-0.2, -0.15) is 0 Å². The van der Waals surface area contributed by atoms with Crippen LogP contribution in [0.25, 0.3) is 0 Å². The molecule has 0 aliphatic heterocycles. The molecule has 0 radical (unpaired) electrons. The molecule has 0 atom stereocenters. The second-order valence-electron chi connectivity index (χ2n) is 4.79. The first-order valence-corrected chi connectivity index (χ1v) is 6.92. The Morgan fingerprint density at radius 1 is 0.909 bits per heavy atom. The van der Waals surface area contributed by atoms with Crippen molar-refractivity contribution >= 4 is 11.8 Å². The summed E-state index contributed by atoms with van der Waals surface area (Å²) in [6.45, 7) is 13.6. The van der Waals surface area contributed by atoms with Gasteiger partial charge in [-0.25, -0.2) is 6.42 Å². The van der Waals surface area contributed by atoms with Gasteiger partial charge in [0.15, 0.2) is 5.97 Å². The van der Waals surface area contributed by atoms with Crippen LogP contribution < -0.4 is 0 Å². The normalized spacial score (nSPS) is 8.27. The molecule has 0 unspecified atom stereocenters. The van der Waals surface area contributed by atoms with E-state index in [1.165, 1.54) is 6.92 Å². The van der Waals surface area contributed by atoms with Gasteiger partial charge in [-0.3, -0.25) is 4.79 Å². The van der Waals surface area contributed by atoms with E-state index in [0.29, 0.717) is 6.61 Å². The Labute approximate surface area is 150 Å². The largest absolute Gasteiger partial charge is 0.488 e. The molecule has 134 valence electrons. The molecular formula is C15H33O6Ti-. The summed E-state index contributed by atoms with van der Waals surface area (Å²) >= 11 is 0. The van der Waals surface area contributed by atoms with Crippen LogP contribution in [-0.2, 0) is 36.0 Å². The molecule has 0 aromatic heterocycles. The van der Waals surface area contributed by atoms with Crippen LogP contribution in [-0.4, -0.2) is 52.0 Å². The minimum atomic E-state index is -0.565. The maximum atomic E-state index is 10.4. The van der Waals surface area contributed by atoms with Gasteiger partial charge in [0.2, 0.25) is 0 Å². The molecule has 0 saturated carbocycles. The van der Waals surface area contributed by atoms with Crippen molar-refractivity contribution in [2.24, 2.45) is 0 Å². The first-order chi connectivity index (χ1) is 9.36. The standard InChI is InChI=1S/C6H9O3.3C3H8O.Ti/c1-3-9-6(8)4-5(2)7;3*1-3(2)4;/h4H,3H2,1-2H3;3*3-4H,1-2H3;/q-1;;;;. The number of ketones is 1. The fourth-order valence-corrected chi connectivity index (χ4v) is 0.350. The molecule has 0 fully saturated rings. The van der Waals surface area contributed by atoms with Crippen LogP contribution in [0.4, 0.5) is 0 Å². The molecule has 0 bridgehead atoms. The number of Topliss-reactive ketones (excluding diaryl/α,β-unsaturated/α-hetero) is 1. The average molecular weight is 357 g/mol. The monoisotopic (exact) mass is 357 g/mol. The van der Waals surface area contributed by atoms with Crippen LogP contribution in [0.5, 0.6) is 0 Å². The third-order valence-electron chi connectivity index (χ3n) is 0.608. The zero-order chi connectivity index (χ0) is 18.0. The van der Waals surface area contributed by atoms with Crippen LogP contribution >= 0.6 is 0 Å². The maximum absolute atomic E-state index is 10.4. The Bertz CT molecular complexity index is 208. The second-order valence-corrected chi connectivity index (χ2v) is 4.79. The Morgan fingerprint density at radius 3 is 1.27 bits per heavy atom. The first-order valence-electron chi connectivity index (χ1n) is 6.92. The van der Waals surface area contributed by atoms with E-state index < -0.39 is 5.97 Å². The van der Waals surface area contributed by atoms with Crippen molar-refractivity contribution in [2.45, 2.75) is 73.7 Å². The van der Waals surface area contributed by atoms with Crippen molar-refractivity contribution in [2.75, 3.05) is 6.61 Å². The Kier molecular flexibility index (Phi) is 38.6. The summed E-state index contributed by atoms with van der Waals surface area (Å²) in [5, 5.41) is 24.2. The molecule has 0 rings (SSSR count). The van der Waals surface area contributed by atoms with Crippen LogP contribution in [0.15, 0.2) is 0 Å². The van der Waals surface area contributed by atoms with Gasteiger partial charge in [-0.1, -0.05) is 0 Å². The first kappa shape index (κ1) is 33.3. The quantitative estimate of drug-likeness (QED) is 0.306. The van der Waals surface area contributed by atoms with Gasteiger partial charge in [0.25, 0.3) is 0 Å². The van der Waals surface area contributed by atoms with E-state index in [9.17, 15) is 9.59 Å². The smallest absolute Gasteiger partial charge is 0.173 e. The molecule has 3 N–H and O–H groups in total. The summed E-state index contributed by atoms with van der Waals surface area (Å²) in [6.07, 6.45) is 0.420. The Hall–Kier alpha value is -0.396. The van der Waals surface area contributed by atoms with Crippen LogP contribution in [0.1, 0.15) is 55.4 Å². The summed E-state index contributed by atoms with van der Waals surface area (Å²) < 4.78 is 4.44. The molecule has 22 heavy (non-hydrogen) atoms. The molecule has 7 heteroatoms. The third-order valence-corrected chi connectivity index (χ3v) is 0.608. The number of esters is 1. The molecule has 0 spiro atoms. The summed E-state index contributed by atoms with van der Waals surface area (Å²) in [6, 6.07) is 0. The molecule has 0 amide bonds. The van der Waals surface area contributed by atoms with Gasteiger partial charge >= 0.3 is 0 Å². The summed E-state index contributed by atoms with van der Waals surface area (Å²) in [5.41, 5.74) is 0. The van der Waals surface area contributed by atoms with Gasteiger partial charge in [-0.05, 0) is 55.4 Å². The zero-order valence-corrected chi connectivity index (χ0v) is 16.6. The van der Waals surface area contributed by atoms with Crippen molar-refractivity contribution in [3.63, 3.8) is 0 Å². The van der Waals surface area contributed by atoms with Crippen LogP contribution in [0.3, 0.4) is 0 Å². The summed E-state index contributed by atoms with van der Waals surface area (Å²) in [5.74, 6) is -0.849. The van der Waals surface area contributed by atoms with Crippen molar-refractivity contribution in [1.82, 2.24) is 0 Å². The van der Waals surface area contributed by atoms with E-state index in [0.717, 1.165) is 6.42 Å². The number of carbonyl (C=O) groups is 2. The number of aliphatic hydroxyl groups excluding tert-OH is 3. The molecule has 0 heterocycles. The van der Waals surface area contributed by atoms with Gasteiger partial charge in [-0.15, -0.1) is 0 Å². The topological polar surface area (TPSA) is 104 Å². The summed E-state index contributed by atoms with van der Waals surface area (Å²) in [7, 11) is 0. The van der Waals surface area contributed by atoms with Crippen molar-refractivity contribution in [3.8, 4) is 0 Å². The number of hydrogen-bond donors (Lipinski definition) is 3. The van der Waals surface area contributed by atoms with Crippen LogP contribution in [0.2, 0.25) is 0 Å². The number of rotatable bonds is 3. The number of ether oxygens (including phenoxy) is 1. The average Bonchev–Trinajstić information content (AvgIpc) is 2.12. The maximum Gasteiger partial charge on any atom is 0.173 e. The van der Waals surface area contributed by atoms with E-state index in [1.807, 2.05) is 0 Å². The minimum Gasteiger partial charge on any atom is -0.488 e. The van der Waals surface area contributed by atoms with E-state index in [2.05, 4.69) is 4.74 Å². The molecule has 0 aromatic carbocycles. The molecule has 0 aliphatic rings. The van der Waals surface area contributed by atoms with Gasteiger partial charge < -0.3 is 24.9 Å². The third kappa shape index (κ3) is 156.